The summed E-state index contributed by atoms with van der Waals surface area (Å²) in [5.74, 6) is 1.14. The number of aliphatic hydroxyl groups excluding tert-OH is 1. The van der Waals surface area contributed by atoms with Crippen LogP contribution in [0.25, 0.3) is 0 Å². The number of aromatic nitrogens is 2. The molecule has 1 aliphatic carbocycles. The second kappa shape index (κ2) is 7.44. The standard InChI is InChI=1S/C17H26N4O3/c1-11-18-15(10-16(23)19-11)13-8-14(9-13)20-17(24)12-2-4-21(5-3-12)6-7-22/h10,12-14,22H,2-9H2,1H3,(H,20,24)(H,18,19,23). The highest BCUT2D eigenvalue weighted by Gasteiger charge is 2.34. The van der Waals surface area contributed by atoms with Gasteiger partial charge in [0.05, 0.1) is 12.3 Å². The Kier molecular flexibility index (Phi) is 5.30. The van der Waals surface area contributed by atoms with E-state index in [4.69, 9.17) is 5.11 Å². The predicted octanol–water partition coefficient (Wildman–Crippen LogP) is 0.145. The van der Waals surface area contributed by atoms with Crippen molar-refractivity contribution < 1.29 is 9.90 Å². The Morgan fingerprint density at radius 3 is 2.75 bits per heavy atom. The summed E-state index contributed by atoms with van der Waals surface area (Å²) in [5, 5.41) is 12.1. The van der Waals surface area contributed by atoms with Gasteiger partial charge in [-0.05, 0) is 45.7 Å². The predicted molar refractivity (Wildman–Crippen MR) is 89.8 cm³/mol. The molecule has 1 amide bonds. The van der Waals surface area contributed by atoms with Crippen LogP contribution >= 0.6 is 0 Å². The normalized spacial score (nSPS) is 25.2. The van der Waals surface area contributed by atoms with Crippen LogP contribution in [-0.2, 0) is 4.79 Å². The number of likely N-dealkylation sites (tertiary alicyclic amines) is 1. The van der Waals surface area contributed by atoms with Crippen molar-refractivity contribution in [1.82, 2.24) is 20.2 Å². The Hall–Kier alpha value is -1.73. The van der Waals surface area contributed by atoms with Gasteiger partial charge in [-0.15, -0.1) is 0 Å². The summed E-state index contributed by atoms with van der Waals surface area (Å²) in [4.78, 5) is 33.1. The smallest absolute Gasteiger partial charge is 0.251 e. The maximum Gasteiger partial charge on any atom is 0.251 e. The number of β-amino-alcohol motifs (C(OH)–C–C–N with tert-alkyl or cyclic N) is 1. The van der Waals surface area contributed by atoms with E-state index in [0.29, 0.717) is 12.4 Å². The molecule has 132 valence electrons. The van der Waals surface area contributed by atoms with E-state index >= 15 is 0 Å². The van der Waals surface area contributed by atoms with E-state index in [1.165, 1.54) is 0 Å². The van der Waals surface area contributed by atoms with Crippen molar-refractivity contribution in [2.75, 3.05) is 26.2 Å². The van der Waals surface area contributed by atoms with Gasteiger partial charge in [-0.25, -0.2) is 4.98 Å². The van der Waals surface area contributed by atoms with Gasteiger partial charge in [-0.1, -0.05) is 0 Å². The molecule has 1 aromatic rings. The van der Waals surface area contributed by atoms with Crippen LogP contribution in [0.2, 0.25) is 0 Å². The summed E-state index contributed by atoms with van der Waals surface area (Å²) in [6.07, 6.45) is 3.42. The fourth-order valence-corrected chi connectivity index (χ4v) is 3.67. The Morgan fingerprint density at radius 2 is 2.12 bits per heavy atom. The first-order chi connectivity index (χ1) is 11.5. The van der Waals surface area contributed by atoms with Crippen molar-refractivity contribution in [3.8, 4) is 0 Å². The maximum absolute atomic E-state index is 12.4. The molecule has 7 heteroatoms. The Morgan fingerprint density at radius 1 is 1.42 bits per heavy atom. The molecule has 2 heterocycles. The molecule has 0 unspecified atom stereocenters. The molecular formula is C17H26N4O3. The fraction of sp³-hybridized carbons (Fsp3) is 0.706. The molecule has 1 aromatic heterocycles. The first kappa shape index (κ1) is 17.1. The molecule has 0 spiro atoms. The lowest BCUT2D eigenvalue weighted by Gasteiger charge is -2.37. The number of nitrogens with one attached hydrogen (secondary N) is 2. The number of aromatic amines is 1. The number of hydrogen-bond acceptors (Lipinski definition) is 5. The van der Waals surface area contributed by atoms with Gasteiger partial charge >= 0.3 is 0 Å². The number of piperidine rings is 1. The van der Waals surface area contributed by atoms with Crippen molar-refractivity contribution in [2.45, 2.75) is 44.6 Å². The molecule has 0 bridgehead atoms. The lowest BCUT2D eigenvalue weighted by molar-refractivity contribution is -0.127. The van der Waals surface area contributed by atoms with E-state index in [2.05, 4.69) is 20.2 Å². The van der Waals surface area contributed by atoms with E-state index in [1.54, 1.807) is 13.0 Å². The van der Waals surface area contributed by atoms with Crippen molar-refractivity contribution in [3.05, 3.63) is 27.9 Å². The van der Waals surface area contributed by atoms with Crippen LogP contribution in [0.5, 0.6) is 0 Å². The number of aryl methyl sites for hydroxylation is 1. The van der Waals surface area contributed by atoms with Crippen LogP contribution in [0.1, 0.15) is 43.1 Å². The lowest BCUT2D eigenvalue weighted by atomic mass is 9.77. The first-order valence-corrected chi connectivity index (χ1v) is 8.76. The minimum absolute atomic E-state index is 0.0823. The highest BCUT2D eigenvalue weighted by molar-refractivity contribution is 5.79. The molecule has 3 N–H and O–H groups in total. The molecule has 1 saturated carbocycles. The third-order valence-electron chi connectivity index (χ3n) is 5.16. The second-order valence-electron chi connectivity index (χ2n) is 6.97. The van der Waals surface area contributed by atoms with Gasteiger partial charge in [-0.2, -0.15) is 0 Å². The molecule has 2 fully saturated rings. The first-order valence-electron chi connectivity index (χ1n) is 8.76. The monoisotopic (exact) mass is 334 g/mol. The zero-order valence-electron chi connectivity index (χ0n) is 14.1. The zero-order valence-corrected chi connectivity index (χ0v) is 14.1. The number of amides is 1. The SMILES string of the molecule is Cc1nc(C2CC(NC(=O)C3CCN(CCO)CC3)C2)cc(=O)[nH]1. The summed E-state index contributed by atoms with van der Waals surface area (Å²) in [6.45, 7) is 4.41. The molecule has 3 rings (SSSR count). The Labute approximate surface area is 141 Å². The van der Waals surface area contributed by atoms with Crippen molar-refractivity contribution >= 4 is 5.91 Å². The quantitative estimate of drug-likeness (QED) is 0.712. The number of H-pyrrole nitrogens is 1. The van der Waals surface area contributed by atoms with E-state index in [1.807, 2.05) is 0 Å². The van der Waals surface area contributed by atoms with Crippen LogP contribution in [0.3, 0.4) is 0 Å². The molecule has 2 aliphatic rings. The summed E-state index contributed by atoms with van der Waals surface area (Å²) < 4.78 is 0. The summed E-state index contributed by atoms with van der Waals surface area (Å²) >= 11 is 0. The summed E-state index contributed by atoms with van der Waals surface area (Å²) in [6, 6.07) is 1.76. The van der Waals surface area contributed by atoms with E-state index in [-0.39, 0.29) is 36.0 Å². The topological polar surface area (TPSA) is 98.3 Å². The highest BCUT2D eigenvalue weighted by atomic mass is 16.3. The molecule has 1 saturated heterocycles. The van der Waals surface area contributed by atoms with Gasteiger partial charge in [0.15, 0.2) is 0 Å². The largest absolute Gasteiger partial charge is 0.395 e. The Balaban J connectivity index is 1.44. The highest BCUT2D eigenvalue weighted by Crippen LogP contribution is 2.35. The summed E-state index contributed by atoms with van der Waals surface area (Å²) in [7, 11) is 0. The third kappa shape index (κ3) is 4.02. The van der Waals surface area contributed by atoms with Gasteiger partial charge < -0.3 is 20.3 Å². The average molecular weight is 334 g/mol. The minimum atomic E-state index is -0.111. The maximum atomic E-state index is 12.4. The van der Waals surface area contributed by atoms with E-state index < -0.39 is 0 Å². The number of nitrogens with zero attached hydrogens (tertiary/aromatic N) is 2. The molecule has 24 heavy (non-hydrogen) atoms. The van der Waals surface area contributed by atoms with Gasteiger partial charge in [0.25, 0.3) is 5.56 Å². The number of hydrogen-bond donors (Lipinski definition) is 3. The van der Waals surface area contributed by atoms with Crippen LogP contribution in [0.4, 0.5) is 0 Å². The lowest BCUT2D eigenvalue weighted by Crippen LogP contribution is -2.48. The number of carbonyl (C=O) groups excluding carboxylic acids is 1. The van der Waals surface area contributed by atoms with Crippen LogP contribution in [0.15, 0.2) is 10.9 Å². The molecule has 7 nitrogen and oxygen atoms in total. The van der Waals surface area contributed by atoms with Crippen molar-refractivity contribution in [3.63, 3.8) is 0 Å². The van der Waals surface area contributed by atoms with Gasteiger partial charge in [0, 0.05) is 30.5 Å². The third-order valence-corrected chi connectivity index (χ3v) is 5.16. The summed E-state index contributed by atoms with van der Waals surface area (Å²) in [5.41, 5.74) is 0.721. The molecular weight excluding hydrogens is 308 g/mol. The Bertz CT molecular complexity index is 631. The van der Waals surface area contributed by atoms with E-state index in [0.717, 1.165) is 44.5 Å². The van der Waals surface area contributed by atoms with Crippen LogP contribution in [-0.4, -0.2) is 58.2 Å². The number of rotatable bonds is 5. The molecule has 0 atom stereocenters. The second-order valence-corrected chi connectivity index (χ2v) is 6.97. The van der Waals surface area contributed by atoms with Crippen molar-refractivity contribution in [2.24, 2.45) is 5.92 Å². The van der Waals surface area contributed by atoms with Gasteiger partial charge in [0.1, 0.15) is 5.82 Å². The number of carbonyl (C=O) groups is 1. The van der Waals surface area contributed by atoms with Crippen molar-refractivity contribution in [1.29, 1.82) is 0 Å². The minimum Gasteiger partial charge on any atom is -0.395 e. The van der Waals surface area contributed by atoms with Crippen LogP contribution < -0.4 is 10.9 Å². The van der Waals surface area contributed by atoms with Gasteiger partial charge in [0.2, 0.25) is 5.91 Å². The van der Waals surface area contributed by atoms with Crippen LogP contribution in [0, 0.1) is 12.8 Å². The zero-order chi connectivity index (χ0) is 17.1. The number of aliphatic hydroxyl groups is 1. The average Bonchev–Trinajstić information content (AvgIpc) is 2.50. The van der Waals surface area contributed by atoms with E-state index in [9.17, 15) is 9.59 Å². The molecule has 1 aliphatic heterocycles. The fourth-order valence-electron chi connectivity index (χ4n) is 3.67. The van der Waals surface area contributed by atoms with Gasteiger partial charge in [-0.3, -0.25) is 9.59 Å². The molecule has 0 aromatic carbocycles. The molecule has 0 radical (unpaired) electrons.